The Labute approximate surface area is 166 Å². The summed E-state index contributed by atoms with van der Waals surface area (Å²) in [6, 6.07) is 18.7. The molecule has 0 unspecified atom stereocenters. The SMILES string of the molecule is Cc1cc(C)n2nc(C(=O)N/N=C/c3ccccc3Oc3ccccc3)nc2n1. The van der Waals surface area contributed by atoms with Crippen molar-refractivity contribution in [1.82, 2.24) is 25.0 Å². The molecule has 1 N–H and O–H groups in total. The highest BCUT2D eigenvalue weighted by atomic mass is 16.5. The molecule has 0 fully saturated rings. The fourth-order valence-corrected chi connectivity index (χ4v) is 2.77. The van der Waals surface area contributed by atoms with Gasteiger partial charge in [-0.25, -0.2) is 14.9 Å². The number of benzene rings is 2. The molecule has 2 aromatic heterocycles. The van der Waals surface area contributed by atoms with E-state index in [0.29, 0.717) is 22.8 Å². The topological polar surface area (TPSA) is 93.8 Å². The lowest BCUT2D eigenvalue weighted by atomic mass is 10.2. The quantitative estimate of drug-likeness (QED) is 0.420. The van der Waals surface area contributed by atoms with Crippen LogP contribution in [0.1, 0.15) is 27.6 Å². The molecule has 0 aliphatic heterocycles. The van der Waals surface area contributed by atoms with Crippen molar-refractivity contribution in [3.63, 3.8) is 0 Å². The number of amides is 1. The second-order valence-electron chi connectivity index (χ2n) is 6.34. The summed E-state index contributed by atoms with van der Waals surface area (Å²) >= 11 is 0. The van der Waals surface area contributed by atoms with Crippen LogP contribution in [0.25, 0.3) is 5.78 Å². The van der Waals surface area contributed by atoms with Gasteiger partial charge in [0.15, 0.2) is 0 Å². The van der Waals surface area contributed by atoms with Crippen LogP contribution in [0.3, 0.4) is 0 Å². The van der Waals surface area contributed by atoms with E-state index in [-0.39, 0.29) is 5.82 Å². The number of fused-ring (bicyclic) bond motifs is 1. The van der Waals surface area contributed by atoms with Gasteiger partial charge in [0.05, 0.1) is 6.21 Å². The lowest BCUT2D eigenvalue weighted by molar-refractivity contribution is 0.0945. The van der Waals surface area contributed by atoms with Gasteiger partial charge in [-0.1, -0.05) is 30.3 Å². The number of hydrogen-bond acceptors (Lipinski definition) is 6. The zero-order valence-corrected chi connectivity index (χ0v) is 15.9. The third kappa shape index (κ3) is 4.11. The van der Waals surface area contributed by atoms with Crippen molar-refractivity contribution in [1.29, 1.82) is 0 Å². The molecule has 0 saturated heterocycles. The van der Waals surface area contributed by atoms with Gasteiger partial charge in [0, 0.05) is 17.0 Å². The molecule has 2 aromatic carbocycles. The lowest BCUT2D eigenvalue weighted by Gasteiger charge is -2.08. The smallest absolute Gasteiger partial charge is 0.311 e. The third-order valence-electron chi connectivity index (χ3n) is 4.08. The molecule has 0 aliphatic carbocycles. The van der Waals surface area contributed by atoms with E-state index in [1.807, 2.05) is 74.5 Å². The molecule has 8 heteroatoms. The number of carbonyl (C=O) groups excluding carboxylic acids is 1. The summed E-state index contributed by atoms with van der Waals surface area (Å²) in [5.41, 5.74) is 4.81. The lowest BCUT2D eigenvalue weighted by Crippen LogP contribution is -2.19. The molecule has 2 heterocycles. The van der Waals surface area contributed by atoms with Crippen LogP contribution >= 0.6 is 0 Å². The first-order valence-corrected chi connectivity index (χ1v) is 8.96. The number of hydrazone groups is 1. The molecular weight excluding hydrogens is 368 g/mol. The second-order valence-corrected chi connectivity index (χ2v) is 6.34. The minimum atomic E-state index is -0.523. The van der Waals surface area contributed by atoms with E-state index in [2.05, 4.69) is 25.6 Å². The fourth-order valence-electron chi connectivity index (χ4n) is 2.77. The summed E-state index contributed by atoms with van der Waals surface area (Å²) in [4.78, 5) is 20.8. The molecule has 0 spiro atoms. The van der Waals surface area contributed by atoms with E-state index < -0.39 is 5.91 Å². The Morgan fingerprint density at radius 2 is 1.83 bits per heavy atom. The number of carbonyl (C=O) groups is 1. The van der Waals surface area contributed by atoms with Gasteiger partial charge in [-0.2, -0.15) is 10.1 Å². The van der Waals surface area contributed by atoms with Crippen LogP contribution < -0.4 is 10.2 Å². The predicted molar refractivity (Wildman–Crippen MR) is 108 cm³/mol. The normalized spacial score (nSPS) is 11.1. The number of hydrogen-bond donors (Lipinski definition) is 1. The molecule has 0 aliphatic rings. The van der Waals surface area contributed by atoms with Gasteiger partial charge in [-0.05, 0) is 44.2 Å². The third-order valence-corrected chi connectivity index (χ3v) is 4.08. The van der Waals surface area contributed by atoms with Crippen molar-refractivity contribution < 1.29 is 9.53 Å². The predicted octanol–water partition coefficient (Wildman–Crippen LogP) is 3.30. The molecule has 0 bridgehead atoms. The molecule has 144 valence electrons. The van der Waals surface area contributed by atoms with Crippen molar-refractivity contribution in [2.45, 2.75) is 13.8 Å². The summed E-state index contributed by atoms with van der Waals surface area (Å²) in [6.07, 6.45) is 1.51. The first kappa shape index (κ1) is 18.3. The van der Waals surface area contributed by atoms with Crippen LogP contribution in [-0.4, -0.2) is 31.7 Å². The molecule has 8 nitrogen and oxygen atoms in total. The summed E-state index contributed by atoms with van der Waals surface area (Å²) in [5, 5.41) is 8.20. The zero-order valence-electron chi connectivity index (χ0n) is 15.9. The van der Waals surface area contributed by atoms with E-state index in [0.717, 1.165) is 11.4 Å². The highest BCUT2D eigenvalue weighted by Crippen LogP contribution is 2.23. The summed E-state index contributed by atoms with van der Waals surface area (Å²) in [5.74, 6) is 1.18. The monoisotopic (exact) mass is 386 g/mol. The van der Waals surface area contributed by atoms with Crippen molar-refractivity contribution in [2.24, 2.45) is 5.10 Å². The molecule has 0 saturated carbocycles. The van der Waals surface area contributed by atoms with Gasteiger partial charge >= 0.3 is 5.91 Å². The van der Waals surface area contributed by atoms with Crippen LogP contribution in [0.4, 0.5) is 0 Å². The molecule has 0 radical (unpaired) electrons. The maximum Gasteiger partial charge on any atom is 0.311 e. The molecule has 0 atom stereocenters. The molecule has 29 heavy (non-hydrogen) atoms. The van der Waals surface area contributed by atoms with Crippen LogP contribution in [0, 0.1) is 13.8 Å². The van der Waals surface area contributed by atoms with Crippen molar-refractivity contribution in [3.05, 3.63) is 83.4 Å². The number of nitrogens with zero attached hydrogens (tertiary/aromatic N) is 5. The number of para-hydroxylation sites is 2. The highest BCUT2D eigenvalue weighted by molar-refractivity contribution is 5.92. The number of nitrogens with one attached hydrogen (secondary N) is 1. The average molecular weight is 386 g/mol. The highest BCUT2D eigenvalue weighted by Gasteiger charge is 2.14. The summed E-state index contributed by atoms with van der Waals surface area (Å²) in [6.45, 7) is 3.74. The Balaban J connectivity index is 1.49. The second kappa shape index (κ2) is 7.89. The van der Waals surface area contributed by atoms with E-state index in [9.17, 15) is 4.79 Å². The van der Waals surface area contributed by atoms with Gasteiger partial charge in [0.1, 0.15) is 11.5 Å². The molecular formula is C21H18N6O2. The van der Waals surface area contributed by atoms with Crippen LogP contribution in [-0.2, 0) is 0 Å². The van der Waals surface area contributed by atoms with Crippen LogP contribution in [0.15, 0.2) is 65.8 Å². The van der Waals surface area contributed by atoms with Crippen molar-refractivity contribution in [2.75, 3.05) is 0 Å². The summed E-state index contributed by atoms with van der Waals surface area (Å²) in [7, 11) is 0. The van der Waals surface area contributed by atoms with E-state index in [4.69, 9.17) is 4.74 Å². The largest absolute Gasteiger partial charge is 0.457 e. The Morgan fingerprint density at radius 3 is 2.66 bits per heavy atom. The van der Waals surface area contributed by atoms with Gasteiger partial charge in [-0.3, -0.25) is 4.79 Å². The number of rotatable bonds is 5. The Bertz CT molecular complexity index is 1200. The van der Waals surface area contributed by atoms with Gasteiger partial charge in [0.2, 0.25) is 5.82 Å². The fraction of sp³-hybridized carbons (Fsp3) is 0.0952. The first-order chi connectivity index (χ1) is 14.1. The Kier molecular flexibility index (Phi) is 4.98. The zero-order chi connectivity index (χ0) is 20.2. The minimum Gasteiger partial charge on any atom is -0.457 e. The van der Waals surface area contributed by atoms with Crippen LogP contribution in [0.5, 0.6) is 11.5 Å². The number of aromatic nitrogens is 4. The Morgan fingerprint density at radius 1 is 1.07 bits per heavy atom. The van der Waals surface area contributed by atoms with E-state index >= 15 is 0 Å². The van der Waals surface area contributed by atoms with E-state index in [1.165, 1.54) is 10.7 Å². The molecule has 4 rings (SSSR count). The Hall–Kier alpha value is -4.07. The standard InChI is InChI=1S/C21H18N6O2/c1-14-12-15(2)27-21(23-14)24-19(26-27)20(28)25-22-13-16-8-6-7-11-18(16)29-17-9-4-3-5-10-17/h3-13H,1-2H3,(H,25,28)/b22-13+. The average Bonchev–Trinajstić information content (AvgIpc) is 3.14. The summed E-state index contributed by atoms with van der Waals surface area (Å²) < 4.78 is 7.40. The minimum absolute atomic E-state index is 0.00262. The maximum absolute atomic E-state index is 12.4. The van der Waals surface area contributed by atoms with Crippen molar-refractivity contribution >= 4 is 17.9 Å². The van der Waals surface area contributed by atoms with Crippen LogP contribution in [0.2, 0.25) is 0 Å². The van der Waals surface area contributed by atoms with Gasteiger partial charge in [0.25, 0.3) is 5.78 Å². The van der Waals surface area contributed by atoms with E-state index in [1.54, 1.807) is 0 Å². The maximum atomic E-state index is 12.4. The first-order valence-electron chi connectivity index (χ1n) is 8.96. The molecule has 4 aromatic rings. The number of ether oxygens (including phenoxy) is 1. The molecule has 1 amide bonds. The van der Waals surface area contributed by atoms with Gasteiger partial charge in [-0.15, -0.1) is 5.10 Å². The van der Waals surface area contributed by atoms with Crippen molar-refractivity contribution in [3.8, 4) is 11.5 Å². The number of aryl methyl sites for hydroxylation is 2. The van der Waals surface area contributed by atoms with Gasteiger partial charge < -0.3 is 4.74 Å².